The number of carbonyl (C=O) groups is 2. The van der Waals surface area contributed by atoms with Gasteiger partial charge >= 0.3 is 0 Å². The molecule has 1 aromatic rings. The van der Waals surface area contributed by atoms with Crippen molar-refractivity contribution in [2.45, 2.75) is 57.3 Å². The number of nitrogens with one attached hydrogen (secondary N) is 1. The second-order valence-corrected chi connectivity index (χ2v) is 9.03. The van der Waals surface area contributed by atoms with Crippen molar-refractivity contribution >= 4 is 11.7 Å². The molecule has 0 bridgehead atoms. The Kier molecular flexibility index (Phi) is 9.82. The number of benzene rings is 1. The number of carbonyl (C=O) groups excluding carboxylic acids is 2. The van der Waals surface area contributed by atoms with E-state index in [9.17, 15) is 19.8 Å². The Balaban J connectivity index is 1.84. The molecule has 4 atom stereocenters. The maximum atomic E-state index is 13.0. The number of Topliss-reactive ketones (excluding diaryl/α,β-unsaturated/α-hetero) is 1. The van der Waals surface area contributed by atoms with Crippen molar-refractivity contribution in [3.05, 3.63) is 95.3 Å². The smallest absolute Gasteiger partial charge is 0.244 e. The van der Waals surface area contributed by atoms with Crippen LogP contribution in [-0.2, 0) is 14.3 Å². The summed E-state index contributed by atoms with van der Waals surface area (Å²) in [7, 11) is 1.51. The van der Waals surface area contributed by atoms with E-state index in [1.807, 2.05) is 61.6 Å². The van der Waals surface area contributed by atoms with Gasteiger partial charge in [-0.1, -0.05) is 72.4 Å². The van der Waals surface area contributed by atoms with Crippen molar-refractivity contribution in [1.82, 2.24) is 5.32 Å². The molecule has 1 heterocycles. The van der Waals surface area contributed by atoms with Crippen molar-refractivity contribution in [1.29, 1.82) is 0 Å². The van der Waals surface area contributed by atoms with Gasteiger partial charge in [0.1, 0.15) is 11.9 Å². The molecule has 0 saturated carbocycles. The summed E-state index contributed by atoms with van der Waals surface area (Å²) in [5, 5.41) is 24.1. The molecule has 35 heavy (non-hydrogen) atoms. The highest BCUT2D eigenvalue weighted by molar-refractivity contribution is 5.97. The number of aliphatic hydroxyl groups excluding tert-OH is 2. The maximum absolute atomic E-state index is 13.0. The van der Waals surface area contributed by atoms with Gasteiger partial charge in [-0.05, 0) is 38.2 Å². The maximum Gasteiger partial charge on any atom is 0.244 e. The van der Waals surface area contributed by atoms with Gasteiger partial charge in [-0.25, -0.2) is 0 Å². The minimum Gasteiger partial charge on any atom is -0.509 e. The topological polar surface area (TPSA) is 95.9 Å². The fourth-order valence-corrected chi connectivity index (χ4v) is 4.50. The average molecular weight is 478 g/mol. The summed E-state index contributed by atoms with van der Waals surface area (Å²) in [6.07, 6.45) is 13.4. The summed E-state index contributed by atoms with van der Waals surface area (Å²) in [6, 6.07) is 9.61. The van der Waals surface area contributed by atoms with Gasteiger partial charge < -0.3 is 20.3 Å². The first kappa shape index (κ1) is 26.4. The summed E-state index contributed by atoms with van der Waals surface area (Å²) in [4.78, 5) is 25.5. The number of rotatable bonds is 2. The Bertz CT molecular complexity index is 1030. The molecule has 186 valence electrons. The molecule has 3 rings (SSSR count). The normalized spacial score (nSPS) is 31.2. The lowest BCUT2D eigenvalue weighted by Gasteiger charge is -2.17. The van der Waals surface area contributed by atoms with Gasteiger partial charge in [0, 0.05) is 31.1 Å². The van der Waals surface area contributed by atoms with Gasteiger partial charge in [-0.2, -0.15) is 0 Å². The van der Waals surface area contributed by atoms with Crippen molar-refractivity contribution in [3.8, 4) is 0 Å². The van der Waals surface area contributed by atoms with Crippen LogP contribution in [0.2, 0.25) is 0 Å². The summed E-state index contributed by atoms with van der Waals surface area (Å²) < 4.78 is 5.35. The highest BCUT2D eigenvalue weighted by Gasteiger charge is 2.36. The van der Waals surface area contributed by atoms with Gasteiger partial charge in [0.05, 0.1) is 12.1 Å². The Labute approximate surface area is 207 Å². The molecule has 0 fully saturated rings. The fourth-order valence-electron chi connectivity index (χ4n) is 4.50. The highest BCUT2D eigenvalue weighted by Crippen LogP contribution is 2.36. The number of methoxy groups -OCH3 is 1. The first-order valence-corrected chi connectivity index (χ1v) is 12.1. The molecular weight excluding hydrogens is 442 g/mol. The van der Waals surface area contributed by atoms with E-state index in [0.29, 0.717) is 31.3 Å². The van der Waals surface area contributed by atoms with Crippen LogP contribution < -0.4 is 5.32 Å². The van der Waals surface area contributed by atoms with E-state index in [1.165, 1.54) is 13.2 Å². The molecule has 1 aliphatic heterocycles. The molecule has 1 aliphatic carbocycles. The number of ketones is 1. The first-order valence-electron chi connectivity index (χ1n) is 12.1. The van der Waals surface area contributed by atoms with E-state index < -0.39 is 12.2 Å². The van der Waals surface area contributed by atoms with Gasteiger partial charge in [-0.3, -0.25) is 9.59 Å². The molecule has 6 nitrogen and oxygen atoms in total. The molecule has 1 aromatic carbocycles. The number of hydrogen-bond acceptors (Lipinski definition) is 5. The Hall–Kier alpha value is -3.22. The third-order valence-electron chi connectivity index (χ3n) is 6.33. The summed E-state index contributed by atoms with van der Waals surface area (Å²) in [5.74, 6) is -0.790. The van der Waals surface area contributed by atoms with Gasteiger partial charge in [-0.15, -0.1) is 0 Å². The van der Waals surface area contributed by atoms with Gasteiger partial charge in [0.25, 0.3) is 0 Å². The van der Waals surface area contributed by atoms with Crippen LogP contribution in [-0.4, -0.2) is 41.2 Å². The quantitative estimate of drug-likeness (QED) is 0.532. The van der Waals surface area contributed by atoms with Crippen LogP contribution in [0, 0.1) is 5.92 Å². The molecule has 0 saturated heterocycles. The van der Waals surface area contributed by atoms with E-state index in [2.05, 4.69) is 5.32 Å². The summed E-state index contributed by atoms with van der Waals surface area (Å²) in [5.41, 5.74) is 2.22. The van der Waals surface area contributed by atoms with Crippen LogP contribution in [0.5, 0.6) is 0 Å². The standard InChI is InChI=1S/C29H35NO5/c1-20-11-9-10-16-27(33)30-24(21-12-5-3-6-13-21)15-8-4-7-14-23(31)19-25(32)28-22(17-20)18-26(35-2)29(28)34/h3-6,8-13,16-17,22-24,26,31,34H,7,14-15,18-19H2,1-2H3,(H,30,33)/b8-4+,11-9+,16-10-,20-17+/t22-,23+,24+,26+/m0/s1. The minimum absolute atomic E-state index is 0.0444. The third-order valence-corrected chi connectivity index (χ3v) is 6.33. The minimum atomic E-state index is -0.810. The molecular formula is C29H35NO5. The van der Waals surface area contributed by atoms with Crippen LogP contribution in [0.3, 0.4) is 0 Å². The zero-order chi connectivity index (χ0) is 25.2. The zero-order valence-electron chi connectivity index (χ0n) is 20.4. The Morgan fingerprint density at radius 3 is 2.54 bits per heavy atom. The lowest BCUT2D eigenvalue weighted by Crippen LogP contribution is -2.26. The van der Waals surface area contributed by atoms with E-state index in [1.54, 1.807) is 12.2 Å². The van der Waals surface area contributed by atoms with Crippen molar-refractivity contribution in [2.24, 2.45) is 5.92 Å². The summed E-state index contributed by atoms with van der Waals surface area (Å²) >= 11 is 0. The lowest BCUT2D eigenvalue weighted by atomic mass is 9.92. The molecule has 6 heteroatoms. The number of aliphatic hydroxyl groups is 2. The molecule has 1 amide bonds. The van der Waals surface area contributed by atoms with Crippen LogP contribution >= 0.6 is 0 Å². The second kappa shape index (κ2) is 13.0. The largest absolute Gasteiger partial charge is 0.509 e. The third kappa shape index (κ3) is 7.64. The predicted octanol–water partition coefficient (Wildman–Crippen LogP) is 4.81. The number of ether oxygens (including phenoxy) is 1. The van der Waals surface area contributed by atoms with Crippen molar-refractivity contribution < 1.29 is 24.5 Å². The number of hydrogen-bond donors (Lipinski definition) is 3. The van der Waals surface area contributed by atoms with Crippen LogP contribution in [0.4, 0.5) is 0 Å². The van der Waals surface area contributed by atoms with E-state index in [-0.39, 0.29) is 35.8 Å². The summed E-state index contributed by atoms with van der Waals surface area (Å²) in [6.45, 7) is 1.90. The molecule has 3 N–H and O–H groups in total. The van der Waals surface area contributed by atoms with E-state index in [4.69, 9.17) is 4.74 Å². The number of fused-ring (bicyclic) bond motifs is 1. The number of amides is 1. The SMILES string of the molecule is CO[C@@H]1C[C@@H]2/C=C(C)/C=C/C=C\C(=O)N[C@@H](c3ccccc3)C/C=C/CC[C@@H](O)CC(=O)C2=C1O. The van der Waals surface area contributed by atoms with Crippen LogP contribution in [0.25, 0.3) is 0 Å². The second-order valence-electron chi connectivity index (χ2n) is 9.03. The fraction of sp³-hybridized carbons (Fsp3) is 0.379. The Morgan fingerprint density at radius 2 is 1.80 bits per heavy atom. The van der Waals surface area contributed by atoms with Gasteiger partial charge in [0.2, 0.25) is 5.91 Å². The van der Waals surface area contributed by atoms with E-state index in [0.717, 1.165) is 11.1 Å². The predicted molar refractivity (Wildman–Crippen MR) is 137 cm³/mol. The molecule has 0 radical (unpaired) electrons. The zero-order valence-corrected chi connectivity index (χ0v) is 20.4. The average Bonchev–Trinajstić information content (AvgIpc) is 3.15. The lowest BCUT2D eigenvalue weighted by molar-refractivity contribution is -0.118. The van der Waals surface area contributed by atoms with E-state index >= 15 is 0 Å². The van der Waals surface area contributed by atoms with Crippen molar-refractivity contribution in [2.75, 3.05) is 7.11 Å². The molecule has 2 aliphatic rings. The molecule has 0 unspecified atom stereocenters. The first-order chi connectivity index (χ1) is 16.9. The van der Waals surface area contributed by atoms with Crippen LogP contribution in [0.15, 0.2) is 89.8 Å². The van der Waals surface area contributed by atoms with Crippen LogP contribution in [0.1, 0.15) is 50.6 Å². The van der Waals surface area contributed by atoms with Crippen molar-refractivity contribution in [3.63, 3.8) is 0 Å². The Morgan fingerprint density at radius 1 is 1.06 bits per heavy atom. The molecule has 0 aromatic heterocycles. The molecule has 0 spiro atoms. The van der Waals surface area contributed by atoms with Gasteiger partial charge in [0.15, 0.2) is 5.78 Å². The monoisotopic (exact) mass is 477 g/mol. The highest BCUT2D eigenvalue weighted by atomic mass is 16.5. The number of allylic oxidation sites excluding steroid dienone is 7.